The molecule has 0 atom stereocenters. The van der Waals surface area contributed by atoms with Gasteiger partial charge in [0.05, 0.1) is 5.69 Å². The van der Waals surface area contributed by atoms with E-state index in [1.54, 1.807) is 0 Å². The fraction of sp³-hybridized carbons (Fsp3) is 0.0769. The molecule has 0 spiro atoms. The summed E-state index contributed by atoms with van der Waals surface area (Å²) >= 11 is 0. The molecule has 0 saturated carbocycles. The van der Waals surface area contributed by atoms with Crippen LogP contribution in [0.1, 0.15) is 5.56 Å². The lowest BCUT2D eigenvalue weighted by atomic mass is 10.2. The zero-order chi connectivity index (χ0) is 11.5. The zero-order valence-electron chi connectivity index (χ0n) is 9.13. The van der Waals surface area contributed by atoms with Gasteiger partial charge in [-0.15, -0.1) is 0 Å². The van der Waals surface area contributed by atoms with Crippen LogP contribution in [0.4, 0.5) is 5.69 Å². The second-order valence-corrected chi connectivity index (χ2v) is 3.78. The van der Waals surface area contributed by atoms with Crippen molar-refractivity contribution in [2.75, 3.05) is 5.32 Å². The standard InChI is InChI=1S/C13H11N3O/c1-2-5-10(6-3-1)9-14-11-7-4-8-12-13(11)16-17-15-12/h1-8,14H,9H2. The molecule has 0 fully saturated rings. The van der Waals surface area contributed by atoms with Gasteiger partial charge in [0.1, 0.15) is 5.52 Å². The Kier molecular flexibility index (Phi) is 2.46. The van der Waals surface area contributed by atoms with Crippen molar-refractivity contribution in [2.24, 2.45) is 0 Å². The van der Waals surface area contributed by atoms with E-state index in [0.717, 1.165) is 23.3 Å². The van der Waals surface area contributed by atoms with Crippen molar-refractivity contribution in [1.29, 1.82) is 0 Å². The summed E-state index contributed by atoms with van der Waals surface area (Å²) < 4.78 is 4.72. The molecular formula is C13H11N3O. The first-order valence-electron chi connectivity index (χ1n) is 5.42. The van der Waals surface area contributed by atoms with Crippen LogP contribution in [0.25, 0.3) is 11.0 Å². The molecule has 0 saturated heterocycles. The molecule has 17 heavy (non-hydrogen) atoms. The minimum absolute atomic E-state index is 0.757. The lowest BCUT2D eigenvalue weighted by Gasteiger charge is -2.05. The molecule has 0 unspecified atom stereocenters. The average molecular weight is 225 g/mol. The summed E-state index contributed by atoms with van der Waals surface area (Å²) in [4.78, 5) is 0. The molecule has 1 heterocycles. The lowest BCUT2D eigenvalue weighted by molar-refractivity contribution is 0.315. The first-order valence-corrected chi connectivity index (χ1v) is 5.42. The second kappa shape index (κ2) is 4.25. The summed E-state index contributed by atoms with van der Waals surface area (Å²) in [6.45, 7) is 0.757. The highest BCUT2D eigenvalue weighted by Gasteiger charge is 2.05. The quantitative estimate of drug-likeness (QED) is 0.744. The minimum atomic E-state index is 0.757. The summed E-state index contributed by atoms with van der Waals surface area (Å²) in [6, 6.07) is 16.0. The summed E-state index contributed by atoms with van der Waals surface area (Å²) in [5.41, 5.74) is 3.69. The van der Waals surface area contributed by atoms with E-state index < -0.39 is 0 Å². The Bertz CT molecular complexity index is 619. The van der Waals surface area contributed by atoms with Crippen LogP contribution in [0.2, 0.25) is 0 Å². The topological polar surface area (TPSA) is 51.0 Å². The number of nitrogens with zero attached hydrogens (tertiary/aromatic N) is 2. The zero-order valence-corrected chi connectivity index (χ0v) is 9.13. The monoisotopic (exact) mass is 225 g/mol. The molecule has 3 rings (SSSR count). The van der Waals surface area contributed by atoms with Crippen LogP contribution in [0.15, 0.2) is 53.2 Å². The van der Waals surface area contributed by atoms with Gasteiger partial charge in [0, 0.05) is 6.54 Å². The number of nitrogens with one attached hydrogen (secondary N) is 1. The van der Waals surface area contributed by atoms with Gasteiger partial charge in [-0.05, 0) is 28.0 Å². The third kappa shape index (κ3) is 1.97. The lowest BCUT2D eigenvalue weighted by Crippen LogP contribution is -1.99. The highest BCUT2D eigenvalue weighted by Crippen LogP contribution is 2.20. The van der Waals surface area contributed by atoms with Gasteiger partial charge in [0.25, 0.3) is 0 Å². The SMILES string of the molecule is c1ccc(CNc2cccc3nonc23)cc1. The Morgan fingerprint density at radius 3 is 2.71 bits per heavy atom. The predicted molar refractivity (Wildman–Crippen MR) is 65.6 cm³/mol. The van der Waals surface area contributed by atoms with E-state index in [4.69, 9.17) is 4.63 Å². The van der Waals surface area contributed by atoms with Gasteiger partial charge in [-0.3, -0.25) is 0 Å². The molecule has 1 N–H and O–H groups in total. The third-order valence-corrected chi connectivity index (χ3v) is 2.61. The van der Waals surface area contributed by atoms with Crippen molar-refractivity contribution in [3.05, 3.63) is 54.1 Å². The molecule has 0 bridgehead atoms. The van der Waals surface area contributed by atoms with Gasteiger partial charge in [-0.1, -0.05) is 36.4 Å². The molecule has 3 aromatic rings. The van der Waals surface area contributed by atoms with E-state index in [-0.39, 0.29) is 0 Å². The number of rotatable bonds is 3. The average Bonchev–Trinajstić information content (AvgIpc) is 2.86. The summed E-state index contributed by atoms with van der Waals surface area (Å²) in [6.07, 6.45) is 0. The number of fused-ring (bicyclic) bond motifs is 1. The van der Waals surface area contributed by atoms with Crippen LogP contribution in [-0.4, -0.2) is 10.3 Å². The van der Waals surface area contributed by atoms with Gasteiger partial charge in [0.2, 0.25) is 0 Å². The molecule has 2 aromatic carbocycles. The van der Waals surface area contributed by atoms with Gasteiger partial charge in [0.15, 0.2) is 5.52 Å². The number of anilines is 1. The molecular weight excluding hydrogens is 214 g/mol. The van der Waals surface area contributed by atoms with E-state index in [2.05, 4.69) is 27.8 Å². The Balaban J connectivity index is 1.84. The minimum Gasteiger partial charge on any atom is -0.379 e. The van der Waals surface area contributed by atoms with Gasteiger partial charge in [-0.25, -0.2) is 4.63 Å². The number of benzene rings is 2. The van der Waals surface area contributed by atoms with Crippen LogP contribution in [0, 0.1) is 0 Å². The van der Waals surface area contributed by atoms with Crippen molar-refractivity contribution in [3.63, 3.8) is 0 Å². The molecule has 84 valence electrons. The van der Waals surface area contributed by atoms with Crippen molar-refractivity contribution in [1.82, 2.24) is 10.3 Å². The Morgan fingerprint density at radius 2 is 1.82 bits per heavy atom. The highest BCUT2D eigenvalue weighted by molar-refractivity contribution is 5.86. The summed E-state index contributed by atoms with van der Waals surface area (Å²) in [7, 11) is 0. The number of hydrogen-bond acceptors (Lipinski definition) is 4. The largest absolute Gasteiger partial charge is 0.379 e. The maximum absolute atomic E-state index is 4.72. The molecule has 0 radical (unpaired) electrons. The van der Waals surface area contributed by atoms with Gasteiger partial charge >= 0.3 is 0 Å². The number of hydrogen-bond donors (Lipinski definition) is 1. The Labute approximate surface area is 98.2 Å². The fourth-order valence-corrected chi connectivity index (χ4v) is 1.74. The van der Waals surface area contributed by atoms with Crippen LogP contribution in [0.5, 0.6) is 0 Å². The molecule has 4 nitrogen and oxygen atoms in total. The molecule has 0 aliphatic carbocycles. The van der Waals surface area contributed by atoms with Gasteiger partial charge in [-0.2, -0.15) is 0 Å². The molecule has 1 aromatic heterocycles. The molecule has 4 heteroatoms. The maximum atomic E-state index is 4.72. The third-order valence-electron chi connectivity index (χ3n) is 2.61. The van der Waals surface area contributed by atoms with E-state index in [1.165, 1.54) is 5.56 Å². The smallest absolute Gasteiger partial charge is 0.158 e. The summed E-state index contributed by atoms with van der Waals surface area (Å²) in [5.74, 6) is 0. The predicted octanol–water partition coefficient (Wildman–Crippen LogP) is 2.83. The number of aromatic nitrogens is 2. The van der Waals surface area contributed by atoms with Crippen LogP contribution >= 0.6 is 0 Å². The van der Waals surface area contributed by atoms with E-state index in [1.807, 2.05) is 36.4 Å². The van der Waals surface area contributed by atoms with Crippen LogP contribution in [-0.2, 0) is 6.54 Å². The van der Waals surface area contributed by atoms with Crippen LogP contribution < -0.4 is 5.32 Å². The van der Waals surface area contributed by atoms with Crippen molar-refractivity contribution >= 4 is 16.7 Å². The Morgan fingerprint density at radius 1 is 0.941 bits per heavy atom. The van der Waals surface area contributed by atoms with Crippen molar-refractivity contribution in [2.45, 2.75) is 6.54 Å². The van der Waals surface area contributed by atoms with Crippen molar-refractivity contribution in [3.8, 4) is 0 Å². The Hall–Kier alpha value is -2.36. The fourth-order valence-electron chi connectivity index (χ4n) is 1.74. The first-order chi connectivity index (χ1) is 8.43. The molecule has 0 aliphatic heterocycles. The van der Waals surface area contributed by atoms with Gasteiger partial charge < -0.3 is 5.32 Å². The van der Waals surface area contributed by atoms with E-state index in [0.29, 0.717) is 0 Å². The molecule has 0 amide bonds. The van der Waals surface area contributed by atoms with E-state index >= 15 is 0 Å². The molecule has 0 aliphatic rings. The highest BCUT2D eigenvalue weighted by atomic mass is 16.6. The second-order valence-electron chi connectivity index (χ2n) is 3.78. The van der Waals surface area contributed by atoms with E-state index in [9.17, 15) is 0 Å². The normalized spacial score (nSPS) is 10.6. The first kappa shape index (κ1) is 9.84. The maximum Gasteiger partial charge on any atom is 0.158 e. The van der Waals surface area contributed by atoms with Crippen molar-refractivity contribution < 1.29 is 4.63 Å². The summed E-state index contributed by atoms with van der Waals surface area (Å²) in [5, 5.41) is 11.0. The van der Waals surface area contributed by atoms with Crippen LogP contribution in [0.3, 0.4) is 0 Å².